The Labute approximate surface area is 125 Å². The van der Waals surface area contributed by atoms with Crippen LogP contribution in [0.2, 0.25) is 0 Å². The Kier molecular flexibility index (Phi) is 6.46. The maximum absolute atomic E-state index is 10.2. The van der Waals surface area contributed by atoms with Gasteiger partial charge in [0.15, 0.2) is 0 Å². The Morgan fingerprint density at radius 3 is 2.05 bits per heavy atom. The second-order valence-electron chi connectivity index (χ2n) is 5.35. The van der Waals surface area contributed by atoms with Crippen LogP contribution in [0.25, 0.3) is 0 Å². The number of hydrogen-bond donors (Lipinski definition) is 2. The van der Waals surface area contributed by atoms with Crippen molar-refractivity contribution in [3.8, 4) is 0 Å². The third-order valence-corrected chi connectivity index (χ3v) is 4.09. The summed E-state index contributed by atoms with van der Waals surface area (Å²) in [5, 5.41) is 17.8. The fourth-order valence-corrected chi connectivity index (χ4v) is 2.96. The lowest BCUT2D eigenvalue weighted by atomic mass is 10.0. The SMILES string of the molecule is CN1[C@@H]2CC[C@H]1CC(O)C2.Cl.O=C(O)c1ccccc1. The Hall–Kier alpha value is -1.10. The molecule has 0 radical (unpaired) electrons. The predicted octanol–water partition coefficient (Wildman–Crippen LogP) is 2.41. The number of benzene rings is 1. The molecule has 1 aromatic rings. The number of carbonyl (C=O) groups is 1. The van der Waals surface area contributed by atoms with Crippen LogP contribution in [0.5, 0.6) is 0 Å². The number of carboxylic acid groups (broad SMARTS) is 1. The van der Waals surface area contributed by atoms with Crippen molar-refractivity contribution < 1.29 is 15.0 Å². The number of carboxylic acids is 1. The predicted molar refractivity (Wildman–Crippen MR) is 80.5 cm³/mol. The van der Waals surface area contributed by atoms with Crippen LogP contribution in [-0.2, 0) is 0 Å². The molecule has 0 aliphatic carbocycles. The number of rotatable bonds is 1. The number of aliphatic hydroxyl groups is 1. The van der Waals surface area contributed by atoms with Gasteiger partial charge in [-0.1, -0.05) is 18.2 Å². The van der Waals surface area contributed by atoms with Gasteiger partial charge in [0.1, 0.15) is 0 Å². The van der Waals surface area contributed by atoms with Crippen molar-refractivity contribution in [2.75, 3.05) is 7.05 Å². The lowest BCUT2D eigenvalue weighted by Gasteiger charge is -2.33. The van der Waals surface area contributed by atoms with Gasteiger partial charge < -0.3 is 15.1 Å². The molecule has 4 nitrogen and oxygen atoms in total. The highest BCUT2D eigenvalue weighted by Crippen LogP contribution is 2.33. The second-order valence-corrected chi connectivity index (χ2v) is 5.35. The van der Waals surface area contributed by atoms with Crippen LogP contribution >= 0.6 is 12.4 Å². The third-order valence-electron chi connectivity index (χ3n) is 4.09. The first-order chi connectivity index (χ1) is 9.08. The van der Waals surface area contributed by atoms with Crippen molar-refractivity contribution >= 4 is 18.4 Å². The van der Waals surface area contributed by atoms with Crippen LogP contribution in [0, 0.1) is 0 Å². The number of fused-ring (bicyclic) bond motifs is 2. The lowest BCUT2D eigenvalue weighted by Crippen LogP contribution is -2.41. The molecule has 3 rings (SSSR count). The molecule has 1 aromatic carbocycles. The average Bonchev–Trinajstić information content (AvgIpc) is 2.64. The first-order valence-corrected chi connectivity index (χ1v) is 6.76. The van der Waals surface area contributed by atoms with Crippen LogP contribution < -0.4 is 0 Å². The minimum atomic E-state index is -0.879. The van der Waals surface area contributed by atoms with Gasteiger partial charge in [-0.05, 0) is 44.9 Å². The molecule has 5 heteroatoms. The number of aliphatic hydroxyl groups excluding tert-OH is 1. The number of halogens is 1. The van der Waals surface area contributed by atoms with Crippen LogP contribution in [0.15, 0.2) is 30.3 Å². The molecule has 2 saturated heterocycles. The van der Waals surface area contributed by atoms with Crippen molar-refractivity contribution in [3.63, 3.8) is 0 Å². The van der Waals surface area contributed by atoms with Crippen molar-refractivity contribution in [1.82, 2.24) is 4.90 Å². The number of piperidine rings is 1. The molecule has 0 saturated carbocycles. The quantitative estimate of drug-likeness (QED) is 0.836. The van der Waals surface area contributed by atoms with Crippen LogP contribution in [-0.4, -0.2) is 46.3 Å². The Balaban J connectivity index is 0.000000192. The first-order valence-electron chi connectivity index (χ1n) is 6.76. The highest BCUT2D eigenvalue weighted by atomic mass is 35.5. The van der Waals surface area contributed by atoms with E-state index in [4.69, 9.17) is 5.11 Å². The molecule has 2 heterocycles. The topological polar surface area (TPSA) is 60.8 Å². The van der Waals surface area contributed by atoms with E-state index in [1.54, 1.807) is 30.3 Å². The van der Waals surface area contributed by atoms with Crippen molar-refractivity contribution in [2.24, 2.45) is 0 Å². The Bertz CT molecular complexity index is 412. The Morgan fingerprint density at radius 1 is 1.15 bits per heavy atom. The molecule has 3 atom stereocenters. The molecule has 2 bridgehead atoms. The molecule has 0 aromatic heterocycles. The zero-order valence-electron chi connectivity index (χ0n) is 11.6. The minimum Gasteiger partial charge on any atom is -0.478 e. The van der Waals surface area contributed by atoms with Gasteiger partial charge in [0.2, 0.25) is 0 Å². The summed E-state index contributed by atoms with van der Waals surface area (Å²) in [6.07, 6.45) is 4.62. The van der Waals surface area contributed by atoms with Crippen molar-refractivity contribution in [3.05, 3.63) is 35.9 Å². The molecule has 2 aliphatic heterocycles. The molecular formula is C15H22ClNO3. The smallest absolute Gasteiger partial charge is 0.335 e. The summed E-state index contributed by atoms with van der Waals surface area (Å²) in [5.41, 5.74) is 0.331. The average molecular weight is 300 g/mol. The highest BCUT2D eigenvalue weighted by molar-refractivity contribution is 5.87. The maximum Gasteiger partial charge on any atom is 0.335 e. The summed E-state index contributed by atoms with van der Waals surface area (Å²) >= 11 is 0. The third kappa shape index (κ3) is 4.20. The van der Waals surface area contributed by atoms with Gasteiger partial charge in [0.05, 0.1) is 11.7 Å². The molecule has 20 heavy (non-hydrogen) atoms. The molecule has 2 fully saturated rings. The van der Waals surface area contributed by atoms with Crippen LogP contribution in [0.1, 0.15) is 36.0 Å². The summed E-state index contributed by atoms with van der Waals surface area (Å²) in [4.78, 5) is 12.6. The van der Waals surface area contributed by atoms with Gasteiger partial charge in [0, 0.05) is 12.1 Å². The zero-order chi connectivity index (χ0) is 13.8. The van der Waals surface area contributed by atoms with Gasteiger partial charge in [-0.15, -0.1) is 12.4 Å². The van der Waals surface area contributed by atoms with E-state index in [1.165, 1.54) is 12.8 Å². The summed E-state index contributed by atoms with van der Waals surface area (Å²) in [7, 11) is 2.19. The van der Waals surface area contributed by atoms with E-state index >= 15 is 0 Å². The van der Waals surface area contributed by atoms with Crippen LogP contribution in [0.4, 0.5) is 0 Å². The lowest BCUT2D eigenvalue weighted by molar-refractivity contribution is 0.0503. The monoisotopic (exact) mass is 299 g/mol. The number of nitrogens with zero attached hydrogens (tertiary/aromatic N) is 1. The van der Waals surface area contributed by atoms with Crippen molar-refractivity contribution in [1.29, 1.82) is 0 Å². The summed E-state index contributed by atoms with van der Waals surface area (Å²) < 4.78 is 0. The number of aromatic carboxylic acids is 1. The number of hydrogen-bond acceptors (Lipinski definition) is 3. The zero-order valence-corrected chi connectivity index (χ0v) is 12.4. The molecule has 2 N–H and O–H groups in total. The van der Waals surface area contributed by atoms with Gasteiger partial charge in [0.25, 0.3) is 0 Å². The maximum atomic E-state index is 10.2. The molecule has 0 spiro atoms. The molecular weight excluding hydrogens is 278 g/mol. The van der Waals surface area contributed by atoms with E-state index in [1.807, 2.05) is 0 Å². The van der Waals surface area contributed by atoms with Gasteiger partial charge in [-0.25, -0.2) is 4.79 Å². The molecule has 1 unspecified atom stereocenters. The highest BCUT2D eigenvalue weighted by Gasteiger charge is 2.37. The van der Waals surface area contributed by atoms with E-state index in [-0.39, 0.29) is 18.5 Å². The summed E-state index contributed by atoms with van der Waals surface area (Å²) in [6.45, 7) is 0. The second kappa shape index (κ2) is 7.62. The van der Waals surface area contributed by atoms with Gasteiger partial charge >= 0.3 is 5.97 Å². The fraction of sp³-hybridized carbons (Fsp3) is 0.533. The Morgan fingerprint density at radius 2 is 1.65 bits per heavy atom. The fourth-order valence-electron chi connectivity index (χ4n) is 2.96. The largest absolute Gasteiger partial charge is 0.478 e. The van der Waals surface area contributed by atoms with Gasteiger partial charge in [-0.3, -0.25) is 0 Å². The standard InChI is InChI=1S/C8H15NO.C7H6O2.ClH/c1-9-6-2-3-7(9)5-8(10)4-6;8-7(9)6-4-2-1-3-5-6;/h6-8,10H,2-5H2,1H3;1-5H,(H,8,9);1H/t6-,7+,8?;;. The van der Waals surface area contributed by atoms with E-state index < -0.39 is 5.97 Å². The van der Waals surface area contributed by atoms with Crippen LogP contribution in [0.3, 0.4) is 0 Å². The van der Waals surface area contributed by atoms with E-state index in [2.05, 4.69) is 11.9 Å². The summed E-state index contributed by atoms with van der Waals surface area (Å²) in [6, 6.07) is 9.67. The minimum absolute atomic E-state index is 0. The molecule has 112 valence electrons. The molecule has 2 aliphatic rings. The van der Waals surface area contributed by atoms with Gasteiger partial charge in [-0.2, -0.15) is 0 Å². The summed E-state index contributed by atoms with van der Waals surface area (Å²) in [5.74, 6) is -0.879. The molecule has 0 amide bonds. The first kappa shape index (κ1) is 17.0. The van der Waals surface area contributed by atoms with E-state index in [0.29, 0.717) is 17.6 Å². The van der Waals surface area contributed by atoms with E-state index in [0.717, 1.165) is 12.8 Å². The van der Waals surface area contributed by atoms with Crippen molar-refractivity contribution in [2.45, 2.75) is 43.9 Å². The normalized spacial score (nSPS) is 28.0. The van der Waals surface area contributed by atoms with E-state index in [9.17, 15) is 9.90 Å².